The molecule has 0 unspecified atom stereocenters. The molecule has 0 aromatic carbocycles. The SMILES string of the molecule is CC1CCC(NC(=O)CN2CC[C@H](N)C2)CC1. The summed E-state index contributed by atoms with van der Waals surface area (Å²) in [6, 6.07) is 0.674. The first-order valence-corrected chi connectivity index (χ1v) is 6.91. The molecule has 98 valence electrons. The van der Waals surface area contributed by atoms with E-state index in [-0.39, 0.29) is 11.9 Å². The first kappa shape index (κ1) is 12.8. The van der Waals surface area contributed by atoms with Gasteiger partial charge in [0.15, 0.2) is 0 Å². The van der Waals surface area contributed by atoms with Crippen molar-refractivity contribution in [3.8, 4) is 0 Å². The van der Waals surface area contributed by atoms with Gasteiger partial charge in [-0.25, -0.2) is 0 Å². The Balaban J connectivity index is 1.67. The monoisotopic (exact) mass is 239 g/mol. The maximum atomic E-state index is 11.9. The van der Waals surface area contributed by atoms with Gasteiger partial charge in [-0.15, -0.1) is 0 Å². The molecule has 1 saturated carbocycles. The van der Waals surface area contributed by atoms with E-state index in [0.717, 1.165) is 38.3 Å². The second kappa shape index (κ2) is 5.83. The zero-order chi connectivity index (χ0) is 12.3. The van der Waals surface area contributed by atoms with Crippen molar-refractivity contribution in [3.63, 3.8) is 0 Å². The van der Waals surface area contributed by atoms with Crippen LogP contribution >= 0.6 is 0 Å². The molecule has 4 heteroatoms. The van der Waals surface area contributed by atoms with Crippen molar-refractivity contribution in [3.05, 3.63) is 0 Å². The summed E-state index contributed by atoms with van der Waals surface area (Å²) in [5.41, 5.74) is 5.83. The number of rotatable bonds is 3. The molecular formula is C13H25N3O. The minimum Gasteiger partial charge on any atom is -0.352 e. The quantitative estimate of drug-likeness (QED) is 0.763. The molecule has 3 N–H and O–H groups in total. The highest BCUT2D eigenvalue weighted by molar-refractivity contribution is 5.78. The summed E-state index contributed by atoms with van der Waals surface area (Å²) in [7, 11) is 0. The zero-order valence-electron chi connectivity index (χ0n) is 10.8. The van der Waals surface area contributed by atoms with Gasteiger partial charge in [0.1, 0.15) is 0 Å². The third kappa shape index (κ3) is 3.96. The van der Waals surface area contributed by atoms with Crippen LogP contribution in [0.25, 0.3) is 0 Å². The summed E-state index contributed by atoms with van der Waals surface area (Å²) in [6.07, 6.45) is 5.81. The third-order valence-corrected chi connectivity index (χ3v) is 4.06. The molecule has 2 fully saturated rings. The second-order valence-corrected chi connectivity index (χ2v) is 5.81. The van der Waals surface area contributed by atoms with E-state index >= 15 is 0 Å². The summed E-state index contributed by atoms with van der Waals surface area (Å²) < 4.78 is 0. The first-order valence-electron chi connectivity index (χ1n) is 6.91. The fourth-order valence-corrected chi connectivity index (χ4v) is 2.89. The molecule has 2 rings (SSSR count). The normalized spacial score (nSPS) is 34.8. The minimum atomic E-state index is 0.179. The Kier molecular flexibility index (Phi) is 4.40. The summed E-state index contributed by atoms with van der Waals surface area (Å²) in [5.74, 6) is 1.01. The van der Waals surface area contributed by atoms with Crippen LogP contribution in [0.2, 0.25) is 0 Å². The van der Waals surface area contributed by atoms with Gasteiger partial charge in [-0.2, -0.15) is 0 Å². The van der Waals surface area contributed by atoms with Gasteiger partial charge in [0.25, 0.3) is 0 Å². The number of carbonyl (C=O) groups is 1. The lowest BCUT2D eigenvalue weighted by Gasteiger charge is -2.27. The lowest BCUT2D eigenvalue weighted by atomic mass is 9.87. The van der Waals surface area contributed by atoms with Gasteiger partial charge in [0.05, 0.1) is 6.54 Å². The van der Waals surface area contributed by atoms with Crippen LogP contribution in [0.4, 0.5) is 0 Å². The van der Waals surface area contributed by atoms with Crippen LogP contribution in [0.5, 0.6) is 0 Å². The first-order chi connectivity index (χ1) is 8.13. The molecular weight excluding hydrogens is 214 g/mol. The van der Waals surface area contributed by atoms with Crippen LogP contribution in [-0.4, -0.2) is 42.5 Å². The Morgan fingerprint density at radius 3 is 2.59 bits per heavy atom. The molecule has 0 aromatic heterocycles. The molecule has 0 spiro atoms. The van der Waals surface area contributed by atoms with E-state index in [2.05, 4.69) is 17.1 Å². The van der Waals surface area contributed by atoms with Gasteiger partial charge < -0.3 is 11.1 Å². The highest BCUT2D eigenvalue weighted by atomic mass is 16.2. The number of likely N-dealkylation sites (tertiary alicyclic amines) is 1. The molecule has 1 heterocycles. The molecule has 1 aliphatic carbocycles. The van der Waals surface area contributed by atoms with E-state index < -0.39 is 0 Å². The van der Waals surface area contributed by atoms with E-state index in [9.17, 15) is 4.79 Å². The third-order valence-electron chi connectivity index (χ3n) is 4.06. The number of hydrogen-bond donors (Lipinski definition) is 2. The van der Waals surface area contributed by atoms with Gasteiger partial charge in [0, 0.05) is 25.2 Å². The maximum Gasteiger partial charge on any atom is 0.234 e. The van der Waals surface area contributed by atoms with E-state index in [1.54, 1.807) is 0 Å². The summed E-state index contributed by atoms with van der Waals surface area (Å²) in [6.45, 7) is 4.66. The Morgan fingerprint density at radius 1 is 1.29 bits per heavy atom. The lowest BCUT2D eigenvalue weighted by Crippen LogP contribution is -2.43. The van der Waals surface area contributed by atoms with Gasteiger partial charge >= 0.3 is 0 Å². The predicted molar refractivity (Wildman–Crippen MR) is 68.6 cm³/mol. The average molecular weight is 239 g/mol. The smallest absolute Gasteiger partial charge is 0.234 e. The standard InChI is InChI=1S/C13H25N3O/c1-10-2-4-12(5-3-10)15-13(17)9-16-7-6-11(14)8-16/h10-12H,2-9,14H2,1H3,(H,15,17)/t10?,11-,12?/m0/s1. The van der Waals surface area contributed by atoms with Crippen LogP contribution in [0.1, 0.15) is 39.0 Å². The molecule has 17 heavy (non-hydrogen) atoms. The van der Waals surface area contributed by atoms with Crippen molar-refractivity contribution in [1.29, 1.82) is 0 Å². The molecule has 1 amide bonds. The second-order valence-electron chi connectivity index (χ2n) is 5.81. The van der Waals surface area contributed by atoms with Crippen molar-refractivity contribution >= 4 is 5.91 Å². The van der Waals surface area contributed by atoms with E-state index in [0.29, 0.717) is 12.6 Å². The number of hydrogen-bond acceptors (Lipinski definition) is 3. The molecule has 2 aliphatic rings. The largest absolute Gasteiger partial charge is 0.352 e. The number of nitrogens with two attached hydrogens (primary N) is 1. The highest BCUT2D eigenvalue weighted by Crippen LogP contribution is 2.23. The fourth-order valence-electron chi connectivity index (χ4n) is 2.89. The highest BCUT2D eigenvalue weighted by Gasteiger charge is 2.23. The van der Waals surface area contributed by atoms with Gasteiger partial charge in [-0.1, -0.05) is 6.92 Å². The lowest BCUT2D eigenvalue weighted by molar-refractivity contribution is -0.123. The van der Waals surface area contributed by atoms with Gasteiger partial charge in [-0.05, 0) is 38.0 Å². The molecule has 1 aliphatic heterocycles. The van der Waals surface area contributed by atoms with Crippen molar-refractivity contribution in [2.45, 2.75) is 51.1 Å². The Morgan fingerprint density at radius 2 is 2.00 bits per heavy atom. The average Bonchev–Trinajstić information content (AvgIpc) is 2.67. The van der Waals surface area contributed by atoms with Crippen molar-refractivity contribution < 1.29 is 4.79 Å². The molecule has 1 atom stereocenters. The van der Waals surface area contributed by atoms with Crippen LogP contribution < -0.4 is 11.1 Å². The van der Waals surface area contributed by atoms with Crippen LogP contribution in [0, 0.1) is 5.92 Å². The number of carbonyl (C=O) groups excluding carboxylic acids is 1. The molecule has 0 radical (unpaired) electrons. The van der Waals surface area contributed by atoms with Crippen molar-refractivity contribution in [1.82, 2.24) is 10.2 Å². The van der Waals surface area contributed by atoms with E-state index in [4.69, 9.17) is 5.73 Å². The predicted octanol–water partition coefficient (Wildman–Crippen LogP) is 0.714. The summed E-state index contributed by atoms with van der Waals surface area (Å²) in [4.78, 5) is 14.0. The van der Waals surface area contributed by atoms with Crippen molar-refractivity contribution in [2.75, 3.05) is 19.6 Å². The molecule has 1 saturated heterocycles. The van der Waals surface area contributed by atoms with Crippen LogP contribution in [0.3, 0.4) is 0 Å². The van der Waals surface area contributed by atoms with Crippen LogP contribution in [0.15, 0.2) is 0 Å². The summed E-state index contributed by atoms with van der Waals surface area (Å²) >= 11 is 0. The van der Waals surface area contributed by atoms with E-state index in [1.165, 1.54) is 12.8 Å². The number of nitrogens with zero attached hydrogens (tertiary/aromatic N) is 1. The zero-order valence-corrected chi connectivity index (χ0v) is 10.8. The topological polar surface area (TPSA) is 58.4 Å². The van der Waals surface area contributed by atoms with Gasteiger partial charge in [-0.3, -0.25) is 9.69 Å². The molecule has 4 nitrogen and oxygen atoms in total. The molecule has 0 bridgehead atoms. The maximum absolute atomic E-state index is 11.9. The number of amides is 1. The molecule has 0 aromatic rings. The number of nitrogens with one attached hydrogen (secondary N) is 1. The van der Waals surface area contributed by atoms with E-state index in [1.807, 2.05) is 0 Å². The fraction of sp³-hybridized carbons (Fsp3) is 0.923. The van der Waals surface area contributed by atoms with Crippen LogP contribution in [-0.2, 0) is 4.79 Å². The van der Waals surface area contributed by atoms with Crippen molar-refractivity contribution in [2.24, 2.45) is 11.7 Å². The minimum absolute atomic E-state index is 0.179. The Bertz CT molecular complexity index is 261. The Labute approximate surface area is 104 Å². The van der Waals surface area contributed by atoms with Gasteiger partial charge in [0.2, 0.25) is 5.91 Å². The summed E-state index contributed by atoms with van der Waals surface area (Å²) in [5, 5.41) is 3.16. The Hall–Kier alpha value is -0.610.